The van der Waals surface area contributed by atoms with E-state index in [0.717, 1.165) is 18.0 Å². The second-order valence-corrected chi connectivity index (χ2v) is 4.92. The first kappa shape index (κ1) is 12.7. The molecule has 0 radical (unpaired) electrons. The highest BCUT2D eigenvalue weighted by molar-refractivity contribution is 6.30. The summed E-state index contributed by atoms with van der Waals surface area (Å²) >= 11 is 5.92. The molecule has 3 nitrogen and oxygen atoms in total. The van der Waals surface area contributed by atoms with Crippen LogP contribution >= 0.6 is 11.6 Å². The average molecular weight is 255 g/mol. The van der Waals surface area contributed by atoms with Crippen LogP contribution in [0.3, 0.4) is 0 Å². The van der Waals surface area contributed by atoms with Crippen molar-refractivity contribution in [2.24, 2.45) is 5.90 Å². The highest BCUT2D eigenvalue weighted by atomic mass is 35.5. The maximum atomic E-state index is 5.92. The van der Waals surface area contributed by atoms with E-state index in [4.69, 9.17) is 22.3 Å². The van der Waals surface area contributed by atoms with Crippen LogP contribution in [0.15, 0.2) is 24.3 Å². The fourth-order valence-corrected chi connectivity index (χ4v) is 2.60. The zero-order valence-corrected chi connectivity index (χ0v) is 10.7. The molecule has 1 aromatic rings. The van der Waals surface area contributed by atoms with Crippen molar-refractivity contribution >= 4 is 17.3 Å². The van der Waals surface area contributed by atoms with E-state index in [0.29, 0.717) is 12.6 Å². The zero-order valence-electron chi connectivity index (χ0n) is 9.94. The number of nitrogens with zero attached hydrogens (tertiary/aromatic N) is 1. The molecule has 1 fully saturated rings. The molecular weight excluding hydrogens is 236 g/mol. The Labute approximate surface area is 107 Å². The van der Waals surface area contributed by atoms with E-state index in [1.807, 2.05) is 12.1 Å². The van der Waals surface area contributed by atoms with Gasteiger partial charge in [0.1, 0.15) is 0 Å². The predicted molar refractivity (Wildman–Crippen MR) is 71.2 cm³/mol. The van der Waals surface area contributed by atoms with Crippen LogP contribution in [0.5, 0.6) is 0 Å². The summed E-state index contributed by atoms with van der Waals surface area (Å²) in [5, 5.41) is 0.785. The first-order valence-electron chi connectivity index (χ1n) is 6.15. The highest BCUT2D eigenvalue weighted by Gasteiger charge is 2.22. The molecule has 2 N–H and O–H groups in total. The van der Waals surface area contributed by atoms with Crippen LogP contribution in [-0.4, -0.2) is 19.2 Å². The molecule has 94 valence electrons. The molecule has 1 aromatic carbocycles. The lowest BCUT2D eigenvalue weighted by Gasteiger charge is -2.37. The molecule has 0 aromatic heterocycles. The van der Waals surface area contributed by atoms with Crippen molar-refractivity contribution in [3.8, 4) is 0 Å². The van der Waals surface area contributed by atoms with Crippen LogP contribution < -0.4 is 10.8 Å². The molecule has 1 aliphatic rings. The number of hydrogen-bond donors (Lipinski definition) is 1. The Kier molecular flexibility index (Phi) is 4.66. The number of nitrogens with two attached hydrogens (primary N) is 1. The fourth-order valence-electron chi connectivity index (χ4n) is 2.48. The largest absolute Gasteiger partial charge is 0.368 e. The van der Waals surface area contributed by atoms with Gasteiger partial charge in [-0.25, -0.2) is 5.90 Å². The van der Waals surface area contributed by atoms with E-state index in [9.17, 15) is 0 Å². The Bertz CT molecular complexity index is 342. The van der Waals surface area contributed by atoms with Crippen molar-refractivity contribution in [1.29, 1.82) is 0 Å². The number of piperidine rings is 1. The van der Waals surface area contributed by atoms with Crippen molar-refractivity contribution in [3.63, 3.8) is 0 Å². The van der Waals surface area contributed by atoms with Gasteiger partial charge < -0.3 is 9.74 Å². The van der Waals surface area contributed by atoms with Gasteiger partial charge >= 0.3 is 0 Å². The molecule has 0 spiro atoms. The molecule has 17 heavy (non-hydrogen) atoms. The Balaban J connectivity index is 2.07. The number of halogens is 1. The third kappa shape index (κ3) is 3.35. The fraction of sp³-hybridized carbons (Fsp3) is 0.538. The molecule has 0 aliphatic carbocycles. The van der Waals surface area contributed by atoms with Crippen LogP contribution in [0.4, 0.5) is 5.69 Å². The van der Waals surface area contributed by atoms with Gasteiger partial charge in [-0.05, 0) is 49.9 Å². The van der Waals surface area contributed by atoms with Gasteiger partial charge in [0.2, 0.25) is 0 Å². The summed E-state index contributed by atoms with van der Waals surface area (Å²) in [6.07, 6.45) is 4.74. The van der Waals surface area contributed by atoms with Gasteiger partial charge in [-0.3, -0.25) is 0 Å². The maximum absolute atomic E-state index is 5.92. The summed E-state index contributed by atoms with van der Waals surface area (Å²) < 4.78 is 0. The lowest BCUT2D eigenvalue weighted by molar-refractivity contribution is 0.127. The van der Waals surface area contributed by atoms with Gasteiger partial charge in [-0.2, -0.15) is 0 Å². The van der Waals surface area contributed by atoms with Gasteiger partial charge in [0.05, 0.1) is 6.61 Å². The average Bonchev–Trinajstić information content (AvgIpc) is 2.38. The van der Waals surface area contributed by atoms with E-state index < -0.39 is 0 Å². The highest BCUT2D eigenvalue weighted by Crippen LogP contribution is 2.27. The third-order valence-electron chi connectivity index (χ3n) is 3.35. The predicted octanol–water partition coefficient (Wildman–Crippen LogP) is 2.98. The Hall–Kier alpha value is -0.770. The quantitative estimate of drug-likeness (QED) is 0.840. The van der Waals surface area contributed by atoms with Crippen molar-refractivity contribution in [2.45, 2.75) is 31.7 Å². The van der Waals surface area contributed by atoms with E-state index in [1.165, 1.54) is 24.9 Å². The monoisotopic (exact) mass is 254 g/mol. The molecule has 1 saturated heterocycles. The SMILES string of the molecule is NOCCC1CCCCN1c1ccc(Cl)cc1. The van der Waals surface area contributed by atoms with Crippen molar-refractivity contribution in [2.75, 3.05) is 18.1 Å². The summed E-state index contributed by atoms with van der Waals surface area (Å²) in [7, 11) is 0. The molecule has 1 heterocycles. The summed E-state index contributed by atoms with van der Waals surface area (Å²) in [6, 6.07) is 8.60. The Morgan fingerprint density at radius 3 is 2.76 bits per heavy atom. The molecule has 1 unspecified atom stereocenters. The van der Waals surface area contributed by atoms with Crippen molar-refractivity contribution < 1.29 is 4.84 Å². The van der Waals surface area contributed by atoms with Gasteiger partial charge in [-0.1, -0.05) is 11.6 Å². The summed E-state index contributed by atoms with van der Waals surface area (Å²) in [4.78, 5) is 7.14. The first-order chi connectivity index (χ1) is 8.31. The van der Waals surface area contributed by atoms with E-state index in [1.54, 1.807) is 0 Å². The Morgan fingerprint density at radius 1 is 1.29 bits per heavy atom. The van der Waals surface area contributed by atoms with Gasteiger partial charge in [-0.15, -0.1) is 0 Å². The van der Waals surface area contributed by atoms with Gasteiger partial charge in [0, 0.05) is 23.3 Å². The van der Waals surface area contributed by atoms with Gasteiger partial charge in [0.15, 0.2) is 0 Å². The van der Waals surface area contributed by atoms with E-state index in [2.05, 4.69) is 17.0 Å². The smallest absolute Gasteiger partial charge is 0.0698 e. The number of benzene rings is 1. The minimum atomic E-state index is 0.536. The summed E-state index contributed by atoms with van der Waals surface area (Å²) in [5.74, 6) is 5.11. The maximum Gasteiger partial charge on any atom is 0.0698 e. The molecule has 0 bridgehead atoms. The lowest BCUT2D eigenvalue weighted by Crippen LogP contribution is -2.40. The molecule has 2 rings (SSSR count). The molecule has 1 atom stereocenters. The first-order valence-corrected chi connectivity index (χ1v) is 6.53. The molecule has 4 heteroatoms. The lowest BCUT2D eigenvalue weighted by atomic mass is 9.99. The van der Waals surface area contributed by atoms with Crippen LogP contribution in [-0.2, 0) is 4.84 Å². The summed E-state index contributed by atoms with van der Waals surface area (Å²) in [5.41, 5.74) is 1.25. The van der Waals surface area contributed by atoms with Gasteiger partial charge in [0.25, 0.3) is 0 Å². The van der Waals surface area contributed by atoms with Crippen molar-refractivity contribution in [1.82, 2.24) is 0 Å². The minimum Gasteiger partial charge on any atom is -0.368 e. The molecular formula is C13H19ClN2O. The Morgan fingerprint density at radius 2 is 2.06 bits per heavy atom. The molecule has 0 saturated carbocycles. The van der Waals surface area contributed by atoms with Crippen LogP contribution in [0.1, 0.15) is 25.7 Å². The number of hydrogen-bond acceptors (Lipinski definition) is 3. The zero-order chi connectivity index (χ0) is 12.1. The van der Waals surface area contributed by atoms with Crippen molar-refractivity contribution in [3.05, 3.63) is 29.3 Å². The van der Waals surface area contributed by atoms with Crippen LogP contribution in [0.25, 0.3) is 0 Å². The molecule has 0 amide bonds. The number of rotatable bonds is 4. The minimum absolute atomic E-state index is 0.536. The van der Waals surface area contributed by atoms with Crippen LogP contribution in [0.2, 0.25) is 5.02 Å². The topological polar surface area (TPSA) is 38.5 Å². The standard InChI is InChI=1S/C13H19ClN2O/c14-11-4-6-13(7-5-11)16-9-2-1-3-12(16)8-10-17-15/h4-7,12H,1-3,8-10,15H2. The second-order valence-electron chi connectivity index (χ2n) is 4.48. The van der Waals surface area contributed by atoms with E-state index in [-0.39, 0.29) is 0 Å². The van der Waals surface area contributed by atoms with E-state index >= 15 is 0 Å². The third-order valence-corrected chi connectivity index (χ3v) is 3.61. The normalized spacial score (nSPS) is 20.6. The number of anilines is 1. The second kappa shape index (κ2) is 6.24. The van der Waals surface area contributed by atoms with Crippen LogP contribution in [0, 0.1) is 0 Å². The molecule has 1 aliphatic heterocycles. The summed E-state index contributed by atoms with van der Waals surface area (Å²) in [6.45, 7) is 1.73.